The fraction of sp³-hybridized carbons (Fsp3) is 0.312. The van der Waals surface area contributed by atoms with Crippen molar-refractivity contribution in [1.82, 2.24) is 10.6 Å². The van der Waals surface area contributed by atoms with Gasteiger partial charge in [-0.2, -0.15) is 0 Å². The van der Waals surface area contributed by atoms with E-state index in [1.807, 2.05) is 13.8 Å². The molecule has 0 fully saturated rings. The van der Waals surface area contributed by atoms with Gasteiger partial charge in [-0.3, -0.25) is 0 Å². The van der Waals surface area contributed by atoms with Crippen molar-refractivity contribution in [1.29, 1.82) is 0 Å². The molecule has 4 nitrogen and oxygen atoms in total. The zero-order chi connectivity index (χ0) is 15.3. The Morgan fingerprint density at radius 1 is 1.19 bits per heavy atom. The lowest BCUT2D eigenvalue weighted by Gasteiger charge is -2.25. The van der Waals surface area contributed by atoms with E-state index < -0.39 is 0 Å². The molecular formula is C16H19FN2O2. The van der Waals surface area contributed by atoms with E-state index >= 15 is 0 Å². The molecule has 21 heavy (non-hydrogen) atoms. The molecule has 0 spiro atoms. The monoisotopic (exact) mass is 290 g/mol. The lowest BCUT2D eigenvalue weighted by Crippen LogP contribution is -2.42. The number of hydrogen-bond acceptors (Lipinski definition) is 2. The smallest absolute Gasteiger partial charge is 0.315 e. The average molecular weight is 290 g/mol. The van der Waals surface area contributed by atoms with Gasteiger partial charge < -0.3 is 15.1 Å². The number of hydrogen-bond donors (Lipinski definition) is 2. The largest absolute Gasteiger partial charge is 0.467 e. The summed E-state index contributed by atoms with van der Waals surface area (Å²) in [6.07, 6.45) is 1.56. The molecule has 5 heteroatoms. The van der Waals surface area contributed by atoms with E-state index in [1.54, 1.807) is 30.5 Å². The van der Waals surface area contributed by atoms with Crippen molar-refractivity contribution in [3.63, 3.8) is 0 Å². The minimum absolute atomic E-state index is 0.262. The molecule has 0 bridgehead atoms. The summed E-state index contributed by atoms with van der Waals surface area (Å²) in [4.78, 5) is 11.7. The molecule has 0 aliphatic rings. The molecule has 0 unspecified atom stereocenters. The van der Waals surface area contributed by atoms with E-state index in [0.29, 0.717) is 18.8 Å². The summed E-state index contributed by atoms with van der Waals surface area (Å²) in [5.41, 5.74) is 0.686. The van der Waals surface area contributed by atoms with Crippen LogP contribution in [-0.2, 0) is 12.0 Å². The topological polar surface area (TPSA) is 54.3 Å². The molecule has 1 aromatic heterocycles. The molecule has 112 valence electrons. The Labute approximate surface area is 123 Å². The molecule has 2 aromatic rings. The molecule has 2 amide bonds. The summed E-state index contributed by atoms with van der Waals surface area (Å²) < 4.78 is 18.1. The van der Waals surface area contributed by atoms with Gasteiger partial charge in [0, 0.05) is 12.0 Å². The average Bonchev–Trinajstić information content (AvgIpc) is 2.97. The summed E-state index contributed by atoms with van der Waals surface area (Å²) in [6.45, 7) is 4.78. The van der Waals surface area contributed by atoms with Crippen LogP contribution in [0.2, 0.25) is 0 Å². The second kappa shape index (κ2) is 6.43. The first kappa shape index (κ1) is 15.1. The van der Waals surface area contributed by atoms with Gasteiger partial charge in [0.1, 0.15) is 11.6 Å². The van der Waals surface area contributed by atoms with E-state index in [4.69, 9.17) is 4.42 Å². The minimum atomic E-state index is -0.282. The van der Waals surface area contributed by atoms with Crippen molar-refractivity contribution in [2.24, 2.45) is 0 Å². The molecule has 0 saturated heterocycles. The highest BCUT2D eigenvalue weighted by Crippen LogP contribution is 2.22. The highest BCUT2D eigenvalue weighted by Gasteiger charge is 2.21. The highest BCUT2D eigenvalue weighted by molar-refractivity contribution is 5.73. The fourth-order valence-corrected chi connectivity index (χ4v) is 1.95. The van der Waals surface area contributed by atoms with Crippen LogP contribution in [0.5, 0.6) is 0 Å². The third-order valence-electron chi connectivity index (χ3n) is 3.32. The molecule has 0 aliphatic carbocycles. The fourth-order valence-electron chi connectivity index (χ4n) is 1.95. The van der Waals surface area contributed by atoms with Crippen molar-refractivity contribution in [3.8, 4) is 0 Å². The molecule has 0 aliphatic heterocycles. The number of carbonyl (C=O) groups excluding carboxylic acids is 1. The van der Waals surface area contributed by atoms with Gasteiger partial charge in [0.15, 0.2) is 0 Å². The number of nitrogens with one attached hydrogen (secondary N) is 2. The van der Waals surface area contributed by atoms with Crippen molar-refractivity contribution in [2.45, 2.75) is 25.8 Å². The number of benzene rings is 1. The van der Waals surface area contributed by atoms with Crippen molar-refractivity contribution in [3.05, 3.63) is 59.8 Å². The van der Waals surface area contributed by atoms with Crippen LogP contribution >= 0.6 is 0 Å². The summed E-state index contributed by atoms with van der Waals surface area (Å²) >= 11 is 0. The molecule has 1 aromatic carbocycles. The molecule has 0 atom stereocenters. The minimum Gasteiger partial charge on any atom is -0.467 e. The summed E-state index contributed by atoms with van der Waals surface area (Å²) in [5.74, 6) is 0.432. The summed E-state index contributed by atoms with van der Waals surface area (Å²) in [7, 11) is 0. The van der Waals surface area contributed by atoms with Gasteiger partial charge in [-0.25, -0.2) is 9.18 Å². The first-order valence-electron chi connectivity index (χ1n) is 6.77. The first-order valence-corrected chi connectivity index (χ1v) is 6.77. The summed E-state index contributed by atoms with van der Waals surface area (Å²) in [5, 5.41) is 5.53. The van der Waals surface area contributed by atoms with Crippen molar-refractivity contribution < 1.29 is 13.6 Å². The van der Waals surface area contributed by atoms with Crippen LogP contribution in [0.1, 0.15) is 25.2 Å². The highest BCUT2D eigenvalue weighted by atomic mass is 19.1. The molecule has 0 saturated carbocycles. The van der Waals surface area contributed by atoms with Crippen LogP contribution in [0.25, 0.3) is 0 Å². The number of furan rings is 1. The van der Waals surface area contributed by atoms with Gasteiger partial charge in [0.25, 0.3) is 0 Å². The molecule has 2 N–H and O–H groups in total. The molecular weight excluding hydrogens is 271 g/mol. The number of rotatable bonds is 5. The van der Waals surface area contributed by atoms with Gasteiger partial charge in [-0.05, 0) is 29.8 Å². The Morgan fingerprint density at radius 2 is 1.90 bits per heavy atom. The zero-order valence-electron chi connectivity index (χ0n) is 12.2. The van der Waals surface area contributed by atoms with E-state index in [9.17, 15) is 9.18 Å². The van der Waals surface area contributed by atoms with Crippen molar-refractivity contribution in [2.75, 3.05) is 6.54 Å². The van der Waals surface area contributed by atoms with E-state index in [1.165, 1.54) is 12.1 Å². The van der Waals surface area contributed by atoms with Crippen LogP contribution in [-0.4, -0.2) is 12.6 Å². The maximum atomic E-state index is 12.9. The SMILES string of the molecule is CC(C)(CNC(=O)NCc1ccco1)c1ccc(F)cc1. The van der Waals surface area contributed by atoms with Crippen LogP contribution in [0.3, 0.4) is 0 Å². The predicted molar refractivity (Wildman–Crippen MR) is 78.4 cm³/mol. The Kier molecular flexibility index (Phi) is 4.62. The maximum Gasteiger partial charge on any atom is 0.315 e. The lowest BCUT2D eigenvalue weighted by atomic mass is 9.84. The van der Waals surface area contributed by atoms with Gasteiger partial charge in [0.05, 0.1) is 12.8 Å². The van der Waals surface area contributed by atoms with E-state index in [0.717, 1.165) is 5.56 Å². The number of halogens is 1. The first-order chi connectivity index (χ1) is 9.97. The maximum absolute atomic E-state index is 12.9. The molecule has 0 radical (unpaired) electrons. The number of carbonyl (C=O) groups is 1. The third kappa shape index (κ3) is 4.34. The Bertz CT molecular complexity index is 577. The van der Waals surface area contributed by atoms with Gasteiger partial charge in [0.2, 0.25) is 0 Å². The Morgan fingerprint density at radius 3 is 2.52 bits per heavy atom. The molecule has 1 heterocycles. The van der Waals surface area contributed by atoms with Gasteiger partial charge in [-0.1, -0.05) is 26.0 Å². The van der Waals surface area contributed by atoms with Crippen LogP contribution in [0.15, 0.2) is 47.1 Å². The predicted octanol–water partition coefficient (Wildman–Crippen LogP) is 3.20. The number of amides is 2. The Balaban J connectivity index is 1.83. The standard InChI is InChI=1S/C16H19FN2O2/c1-16(2,12-5-7-13(17)8-6-12)11-19-15(20)18-10-14-4-3-9-21-14/h3-9H,10-11H2,1-2H3,(H2,18,19,20). The normalized spacial score (nSPS) is 11.2. The quantitative estimate of drug-likeness (QED) is 0.888. The third-order valence-corrected chi connectivity index (χ3v) is 3.32. The van der Waals surface area contributed by atoms with Crippen molar-refractivity contribution >= 4 is 6.03 Å². The second-order valence-electron chi connectivity index (χ2n) is 5.51. The van der Waals surface area contributed by atoms with Crippen LogP contribution in [0, 0.1) is 5.82 Å². The van der Waals surface area contributed by atoms with Gasteiger partial charge in [-0.15, -0.1) is 0 Å². The Hall–Kier alpha value is -2.30. The lowest BCUT2D eigenvalue weighted by molar-refractivity contribution is 0.237. The zero-order valence-corrected chi connectivity index (χ0v) is 12.2. The van der Waals surface area contributed by atoms with Gasteiger partial charge >= 0.3 is 6.03 Å². The number of urea groups is 1. The van der Waals surface area contributed by atoms with Crippen LogP contribution in [0.4, 0.5) is 9.18 Å². The van der Waals surface area contributed by atoms with E-state index in [2.05, 4.69) is 10.6 Å². The van der Waals surface area contributed by atoms with E-state index in [-0.39, 0.29) is 17.3 Å². The molecule has 2 rings (SSSR count). The second-order valence-corrected chi connectivity index (χ2v) is 5.51. The van der Waals surface area contributed by atoms with Crippen LogP contribution < -0.4 is 10.6 Å². The summed E-state index contributed by atoms with van der Waals surface area (Å²) in [6, 6.07) is 9.62.